The molecule has 22 heavy (non-hydrogen) atoms. The highest BCUT2D eigenvalue weighted by atomic mass is 35.5. The summed E-state index contributed by atoms with van der Waals surface area (Å²) in [5.41, 5.74) is 0.926. The molecule has 118 valence electrons. The average Bonchev–Trinajstić information content (AvgIpc) is 3.21. The van der Waals surface area contributed by atoms with Gasteiger partial charge in [-0.2, -0.15) is 0 Å². The molecule has 2 aliphatic carbocycles. The number of rotatable bonds is 5. The summed E-state index contributed by atoms with van der Waals surface area (Å²) >= 11 is 6.27. The van der Waals surface area contributed by atoms with E-state index in [9.17, 15) is 14.7 Å². The SMILES string of the molecule is CC(c1ccccc1Cl)N(C(=O)C1CCC1C(=O)O)C1CC1. The van der Waals surface area contributed by atoms with Gasteiger partial charge in [0.1, 0.15) is 0 Å². The van der Waals surface area contributed by atoms with Gasteiger partial charge >= 0.3 is 5.97 Å². The molecule has 0 bridgehead atoms. The van der Waals surface area contributed by atoms with Crippen LogP contribution in [0.4, 0.5) is 0 Å². The van der Waals surface area contributed by atoms with Gasteiger partial charge in [-0.1, -0.05) is 29.8 Å². The highest BCUT2D eigenvalue weighted by Crippen LogP contribution is 2.42. The summed E-state index contributed by atoms with van der Waals surface area (Å²) in [5, 5.41) is 9.85. The van der Waals surface area contributed by atoms with Gasteiger partial charge in [0.2, 0.25) is 5.91 Å². The van der Waals surface area contributed by atoms with Crippen LogP contribution in [-0.4, -0.2) is 27.9 Å². The summed E-state index contributed by atoms with van der Waals surface area (Å²) in [6, 6.07) is 7.65. The lowest BCUT2D eigenvalue weighted by molar-refractivity contribution is -0.158. The van der Waals surface area contributed by atoms with Crippen molar-refractivity contribution in [2.24, 2.45) is 11.8 Å². The van der Waals surface area contributed by atoms with Crippen molar-refractivity contribution in [2.45, 2.75) is 44.7 Å². The number of benzene rings is 1. The average molecular weight is 322 g/mol. The molecule has 0 aliphatic heterocycles. The Hall–Kier alpha value is -1.55. The monoisotopic (exact) mass is 321 g/mol. The molecule has 4 nitrogen and oxygen atoms in total. The van der Waals surface area contributed by atoms with E-state index < -0.39 is 11.9 Å². The molecule has 3 unspecified atom stereocenters. The molecule has 0 aromatic heterocycles. The lowest BCUT2D eigenvalue weighted by atomic mass is 9.72. The van der Waals surface area contributed by atoms with Crippen LogP contribution in [0.15, 0.2) is 24.3 Å². The third-order valence-electron chi connectivity index (χ3n) is 4.88. The minimum absolute atomic E-state index is 0.0198. The number of amides is 1. The fourth-order valence-electron chi connectivity index (χ4n) is 3.29. The molecule has 5 heteroatoms. The number of carboxylic acids is 1. The van der Waals surface area contributed by atoms with Crippen molar-refractivity contribution in [3.8, 4) is 0 Å². The van der Waals surface area contributed by atoms with Crippen molar-refractivity contribution in [1.29, 1.82) is 0 Å². The zero-order chi connectivity index (χ0) is 15.9. The van der Waals surface area contributed by atoms with Gasteiger partial charge < -0.3 is 10.0 Å². The minimum Gasteiger partial charge on any atom is -0.481 e. The van der Waals surface area contributed by atoms with Crippen LogP contribution in [-0.2, 0) is 9.59 Å². The fourth-order valence-corrected chi connectivity index (χ4v) is 3.58. The van der Waals surface area contributed by atoms with E-state index in [-0.39, 0.29) is 23.9 Å². The van der Waals surface area contributed by atoms with Gasteiger partial charge in [-0.05, 0) is 44.2 Å². The molecule has 1 aromatic rings. The van der Waals surface area contributed by atoms with E-state index in [0.717, 1.165) is 18.4 Å². The van der Waals surface area contributed by atoms with E-state index in [4.69, 9.17) is 11.6 Å². The number of carboxylic acid groups (broad SMARTS) is 1. The Kier molecular flexibility index (Phi) is 4.13. The molecule has 0 saturated heterocycles. The molecule has 1 aromatic carbocycles. The number of nitrogens with zero attached hydrogens (tertiary/aromatic N) is 1. The van der Waals surface area contributed by atoms with Gasteiger partial charge in [-0.25, -0.2) is 0 Å². The van der Waals surface area contributed by atoms with Crippen LogP contribution >= 0.6 is 11.6 Å². The maximum Gasteiger partial charge on any atom is 0.307 e. The number of halogens is 1. The Bertz CT molecular complexity index is 599. The standard InChI is InChI=1S/C17H20ClNO3/c1-10(12-4-2-3-5-15(12)18)19(11-6-7-11)16(20)13-8-9-14(13)17(21)22/h2-5,10-11,13-14H,6-9H2,1H3,(H,21,22). The van der Waals surface area contributed by atoms with Crippen LogP contribution in [0.1, 0.15) is 44.2 Å². The first-order chi connectivity index (χ1) is 10.5. The third-order valence-corrected chi connectivity index (χ3v) is 5.22. The molecule has 1 N–H and O–H groups in total. The van der Waals surface area contributed by atoms with Gasteiger partial charge in [0.15, 0.2) is 0 Å². The third kappa shape index (κ3) is 2.72. The van der Waals surface area contributed by atoms with Crippen LogP contribution in [0.3, 0.4) is 0 Å². The number of carbonyl (C=O) groups excluding carboxylic acids is 1. The zero-order valence-electron chi connectivity index (χ0n) is 12.5. The summed E-state index contributed by atoms with van der Waals surface area (Å²) in [4.78, 5) is 26.0. The lowest BCUT2D eigenvalue weighted by Gasteiger charge is -2.39. The quantitative estimate of drug-likeness (QED) is 0.903. The molecule has 2 saturated carbocycles. The molecular formula is C17H20ClNO3. The molecule has 0 spiro atoms. The highest BCUT2D eigenvalue weighted by molar-refractivity contribution is 6.31. The van der Waals surface area contributed by atoms with Gasteiger partial charge in [0.05, 0.1) is 17.9 Å². The number of hydrogen-bond donors (Lipinski definition) is 1. The van der Waals surface area contributed by atoms with Crippen molar-refractivity contribution in [3.63, 3.8) is 0 Å². The second kappa shape index (κ2) is 5.92. The second-order valence-corrected chi connectivity index (χ2v) is 6.71. The normalized spacial score (nSPS) is 25.2. The lowest BCUT2D eigenvalue weighted by Crippen LogP contribution is -2.47. The molecule has 3 atom stereocenters. The molecule has 2 fully saturated rings. The molecule has 0 radical (unpaired) electrons. The number of hydrogen-bond acceptors (Lipinski definition) is 2. The highest BCUT2D eigenvalue weighted by Gasteiger charge is 2.47. The first kappa shape index (κ1) is 15.3. The summed E-state index contributed by atoms with van der Waals surface area (Å²) in [6.45, 7) is 1.98. The summed E-state index contributed by atoms with van der Waals surface area (Å²) in [7, 11) is 0. The number of carbonyl (C=O) groups is 2. The van der Waals surface area contributed by atoms with Crippen molar-refractivity contribution in [3.05, 3.63) is 34.9 Å². The summed E-state index contributed by atoms with van der Waals surface area (Å²) < 4.78 is 0. The van der Waals surface area contributed by atoms with Gasteiger partial charge in [0, 0.05) is 11.1 Å². The zero-order valence-corrected chi connectivity index (χ0v) is 13.3. The first-order valence-corrected chi connectivity index (χ1v) is 8.18. The maximum absolute atomic E-state index is 12.9. The van der Waals surface area contributed by atoms with Gasteiger partial charge in [-0.15, -0.1) is 0 Å². The van der Waals surface area contributed by atoms with Crippen molar-refractivity contribution in [2.75, 3.05) is 0 Å². The number of aliphatic carboxylic acids is 1. The minimum atomic E-state index is -0.856. The van der Waals surface area contributed by atoms with Crippen LogP contribution < -0.4 is 0 Å². The van der Waals surface area contributed by atoms with E-state index >= 15 is 0 Å². The van der Waals surface area contributed by atoms with E-state index in [0.29, 0.717) is 17.9 Å². The van der Waals surface area contributed by atoms with E-state index in [1.54, 1.807) is 0 Å². The predicted octanol–water partition coefficient (Wildman–Crippen LogP) is 3.50. The summed E-state index contributed by atoms with van der Waals surface area (Å²) in [6.07, 6.45) is 3.26. The van der Waals surface area contributed by atoms with E-state index in [1.165, 1.54) is 0 Å². The molecule has 3 rings (SSSR count). The Morgan fingerprint density at radius 2 is 1.82 bits per heavy atom. The fraction of sp³-hybridized carbons (Fsp3) is 0.529. The Morgan fingerprint density at radius 3 is 2.32 bits per heavy atom. The van der Waals surface area contributed by atoms with Crippen molar-refractivity contribution in [1.82, 2.24) is 4.90 Å². The van der Waals surface area contributed by atoms with Gasteiger partial charge in [0.25, 0.3) is 0 Å². The van der Waals surface area contributed by atoms with E-state index in [1.807, 2.05) is 36.1 Å². The molecular weight excluding hydrogens is 302 g/mol. The van der Waals surface area contributed by atoms with Crippen LogP contribution in [0, 0.1) is 11.8 Å². The van der Waals surface area contributed by atoms with Gasteiger partial charge in [-0.3, -0.25) is 9.59 Å². The van der Waals surface area contributed by atoms with Crippen LogP contribution in [0.5, 0.6) is 0 Å². The van der Waals surface area contributed by atoms with Crippen LogP contribution in [0.25, 0.3) is 0 Å². The van der Waals surface area contributed by atoms with E-state index in [2.05, 4.69) is 0 Å². The topological polar surface area (TPSA) is 57.6 Å². The Morgan fingerprint density at radius 1 is 1.18 bits per heavy atom. The first-order valence-electron chi connectivity index (χ1n) is 7.80. The molecule has 2 aliphatic rings. The summed E-state index contributed by atoms with van der Waals surface area (Å²) in [5.74, 6) is -1.77. The molecule has 1 amide bonds. The maximum atomic E-state index is 12.9. The van der Waals surface area contributed by atoms with Crippen molar-refractivity contribution >= 4 is 23.5 Å². The smallest absolute Gasteiger partial charge is 0.307 e. The predicted molar refractivity (Wildman–Crippen MR) is 83.6 cm³/mol. The van der Waals surface area contributed by atoms with Crippen LogP contribution in [0.2, 0.25) is 5.02 Å². The largest absolute Gasteiger partial charge is 0.481 e. The Labute approximate surface area is 135 Å². The molecule has 0 heterocycles. The van der Waals surface area contributed by atoms with Crippen molar-refractivity contribution < 1.29 is 14.7 Å². The Balaban J connectivity index is 1.83. The second-order valence-electron chi connectivity index (χ2n) is 6.30.